The molecule has 0 unspecified atom stereocenters. The number of nitrogens with zero attached hydrogens (tertiary/aromatic N) is 2. The lowest BCUT2D eigenvalue weighted by atomic mass is 10.2. The lowest BCUT2D eigenvalue weighted by molar-refractivity contribution is 0.0696. The van der Waals surface area contributed by atoms with Gasteiger partial charge in [0.25, 0.3) is 5.91 Å². The molecule has 0 fully saturated rings. The van der Waals surface area contributed by atoms with Crippen molar-refractivity contribution in [1.29, 1.82) is 0 Å². The van der Waals surface area contributed by atoms with Crippen LogP contribution in [0.1, 0.15) is 20.8 Å². The monoisotopic (exact) mass is 246 g/mol. The van der Waals surface area contributed by atoms with Crippen molar-refractivity contribution in [3.8, 4) is 0 Å². The van der Waals surface area contributed by atoms with Crippen LogP contribution in [0.4, 0.5) is 5.69 Å². The molecule has 6 heteroatoms. The van der Waals surface area contributed by atoms with Gasteiger partial charge in [-0.1, -0.05) is 5.16 Å². The largest absolute Gasteiger partial charge is 0.478 e. The molecule has 1 amide bonds. The molecule has 0 aliphatic carbocycles. The van der Waals surface area contributed by atoms with Crippen molar-refractivity contribution in [2.45, 2.75) is 0 Å². The van der Waals surface area contributed by atoms with Crippen LogP contribution < -0.4 is 4.90 Å². The van der Waals surface area contributed by atoms with E-state index in [2.05, 4.69) is 9.68 Å². The molecule has 0 bridgehead atoms. The molecule has 0 saturated heterocycles. The summed E-state index contributed by atoms with van der Waals surface area (Å²) in [7, 11) is 1.58. The molecule has 0 atom stereocenters. The summed E-state index contributed by atoms with van der Waals surface area (Å²) in [5.41, 5.74) is 0.939. The molecule has 92 valence electrons. The minimum Gasteiger partial charge on any atom is -0.478 e. The Labute approximate surface area is 102 Å². The van der Waals surface area contributed by atoms with E-state index in [9.17, 15) is 9.59 Å². The predicted octanol–water partition coefficient (Wildman–Crippen LogP) is 1.65. The molecule has 1 aromatic heterocycles. The number of carboxylic acids is 1. The maximum absolute atomic E-state index is 11.9. The number of carbonyl (C=O) groups is 2. The van der Waals surface area contributed by atoms with Gasteiger partial charge < -0.3 is 14.5 Å². The number of hydrogen-bond acceptors (Lipinski definition) is 4. The summed E-state index contributed by atoms with van der Waals surface area (Å²) in [4.78, 5) is 24.0. The molecule has 2 rings (SSSR count). The maximum atomic E-state index is 11.9. The van der Waals surface area contributed by atoms with E-state index >= 15 is 0 Å². The highest BCUT2D eigenvalue weighted by molar-refractivity contribution is 6.04. The molecular weight excluding hydrogens is 236 g/mol. The van der Waals surface area contributed by atoms with Crippen LogP contribution >= 0.6 is 0 Å². The zero-order valence-corrected chi connectivity index (χ0v) is 9.53. The van der Waals surface area contributed by atoms with Gasteiger partial charge in [-0.3, -0.25) is 4.79 Å². The summed E-state index contributed by atoms with van der Waals surface area (Å²) >= 11 is 0. The van der Waals surface area contributed by atoms with Crippen LogP contribution in [-0.2, 0) is 0 Å². The van der Waals surface area contributed by atoms with Crippen LogP contribution in [0.5, 0.6) is 0 Å². The van der Waals surface area contributed by atoms with Gasteiger partial charge in [0.15, 0.2) is 5.69 Å². The lowest BCUT2D eigenvalue weighted by Crippen LogP contribution is -2.26. The third kappa shape index (κ3) is 2.22. The highest BCUT2D eigenvalue weighted by Gasteiger charge is 2.16. The number of amides is 1. The van der Waals surface area contributed by atoms with Gasteiger partial charge in [-0.15, -0.1) is 0 Å². The fourth-order valence-corrected chi connectivity index (χ4v) is 1.44. The summed E-state index contributed by atoms with van der Waals surface area (Å²) < 4.78 is 4.60. The Bertz CT molecular complexity index is 560. The number of benzene rings is 1. The van der Waals surface area contributed by atoms with Gasteiger partial charge in [-0.25, -0.2) is 4.79 Å². The van der Waals surface area contributed by atoms with Crippen molar-refractivity contribution in [2.24, 2.45) is 0 Å². The van der Waals surface area contributed by atoms with Gasteiger partial charge in [0.1, 0.15) is 6.26 Å². The standard InChI is InChI=1S/C12H10N2O4/c1-14(11(15)10-6-7-18-13-10)9-4-2-8(3-5-9)12(16)17/h2-7H,1H3,(H,16,17). The number of aromatic nitrogens is 1. The highest BCUT2D eigenvalue weighted by atomic mass is 16.5. The highest BCUT2D eigenvalue weighted by Crippen LogP contribution is 2.16. The van der Waals surface area contributed by atoms with Crippen molar-refractivity contribution in [3.63, 3.8) is 0 Å². The minimum absolute atomic E-state index is 0.168. The van der Waals surface area contributed by atoms with Gasteiger partial charge in [0, 0.05) is 18.8 Å². The van der Waals surface area contributed by atoms with Crippen LogP contribution in [0.2, 0.25) is 0 Å². The maximum Gasteiger partial charge on any atom is 0.335 e. The zero-order valence-electron chi connectivity index (χ0n) is 9.53. The predicted molar refractivity (Wildman–Crippen MR) is 62.6 cm³/mol. The lowest BCUT2D eigenvalue weighted by Gasteiger charge is -2.15. The van der Waals surface area contributed by atoms with E-state index in [4.69, 9.17) is 5.11 Å². The summed E-state index contributed by atoms with van der Waals surface area (Å²) in [6, 6.07) is 7.45. The first kappa shape index (κ1) is 11.8. The second-order valence-electron chi connectivity index (χ2n) is 3.60. The Kier molecular flexibility index (Phi) is 3.09. The van der Waals surface area contributed by atoms with E-state index in [1.807, 2.05) is 0 Å². The first-order valence-corrected chi connectivity index (χ1v) is 5.11. The molecule has 0 aliphatic heterocycles. The van der Waals surface area contributed by atoms with Gasteiger partial charge >= 0.3 is 5.97 Å². The van der Waals surface area contributed by atoms with Crippen LogP contribution in [0, 0.1) is 0 Å². The zero-order chi connectivity index (χ0) is 13.1. The quantitative estimate of drug-likeness (QED) is 0.890. The van der Waals surface area contributed by atoms with Crippen LogP contribution in [-0.4, -0.2) is 29.2 Å². The Morgan fingerprint density at radius 1 is 1.22 bits per heavy atom. The van der Waals surface area contributed by atoms with Gasteiger partial charge in [0.2, 0.25) is 0 Å². The molecule has 0 spiro atoms. The van der Waals surface area contributed by atoms with E-state index < -0.39 is 5.97 Å². The summed E-state index contributed by atoms with van der Waals surface area (Å²) in [6.07, 6.45) is 1.31. The molecule has 0 saturated carbocycles. The smallest absolute Gasteiger partial charge is 0.335 e. The van der Waals surface area contributed by atoms with E-state index in [1.165, 1.54) is 29.4 Å². The van der Waals surface area contributed by atoms with E-state index in [-0.39, 0.29) is 17.2 Å². The first-order chi connectivity index (χ1) is 8.59. The molecule has 1 heterocycles. The number of hydrogen-bond donors (Lipinski definition) is 1. The third-order valence-corrected chi connectivity index (χ3v) is 2.46. The summed E-state index contributed by atoms with van der Waals surface area (Å²) in [5, 5.41) is 12.3. The normalized spacial score (nSPS) is 10.1. The number of rotatable bonds is 3. The number of carboxylic acid groups (broad SMARTS) is 1. The van der Waals surface area contributed by atoms with Crippen LogP contribution in [0.25, 0.3) is 0 Å². The van der Waals surface area contributed by atoms with Crippen molar-refractivity contribution in [2.75, 3.05) is 11.9 Å². The second kappa shape index (κ2) is 4.70. The summed E-state index contributed by atoms with van der Waals surface area (Å²) in [5.74, 6) is -1.33. The third-order valence-electron chi connectivity index (χ3n) is 2.46. The molecular formula is C12H10N2O4. The Morgan fingerprint density at radius 3 is 2.39 bits per heavy atom. The van der Waals surface area contributed by atoms with Crippen molar-refractivity contribution in [1.82, 2.24) is 5.16 Å². The van der Waals surface area contributed by atoms with Gasteiger partial charge in [0.05, 0.1) is 5.56 Å². The second-order valence-corrected chi connectivity index (χ2v) is 3.60. The minimum atomic E-state index is -1.01. The van der Waals surface area contributed by atoms with Gasteiger partial charge in [-0.05, 0) is 24.3 Å². The van der Waals surface area contributed by atoms with Crippen molar-refractivity contribution < 1.29 is 19.2 Å². The Morgan fingerprint density at radius 2 is 1.89 bits per heavy atom. The van der Waals surface area contributed by atoms with Crippen molar-refractivity contribution in [3.05, 3.63) is 47.9 Å². The number of carbonyl (C=O) groups excluding carboxylic acids is 1. The molecule has 6 nitrogen and oxygen atoms in total. The molecule has 2 aromatic rings. The van der Waals surface area contributed by atoms with E-state index in [1.54, 1.807) is 19.2 Å². The molecule has 1 aromatic carbocycles. The molecule has 0 aliphatic rings. The first-order valence-electron chi connectivity index (χ1n) is 5.11. The van der Waals surface area contributed by atoms with E-state index in [0.717, 1.165) is 0 Å². The molecule has 0 radical (unpaired) electrons. The van der Waals surface area contributed by atoms with Crippen molar-refractivity contribution >= 4 is 17.6 Å². The molecule has 18 heavy (non-hydrogen) atoms. The van der Waals surface area contributed by atoms with Crippen LogP contribution in [0.15, 0.2) is 41.1 Å². The topological polar surface area (TPSA) is 83.6 Å². The van der Waals surface area contributed by atoms with Gasteiger partial charge in [-0.2, -0.15) is 0 Å². The average molecular weight is 246 g/mol. The SMILES string of the molecule is CN(C(=O)c1ccon1)c1ccc(C(=O)O)cc1. The Hall–Kier alpha value is -2.63. The fourth-order valence-electron chi connectivity index (χ4n) is 1.44. The van der Waals surface area contributed by atoms with E-state index in [0.29, 0.717) is 5.69 Å². The summed E-state index contributed by atoms with van der Waals surface area (Å²) in [6.45, 7) is 0. The number of anilines is 1. The fraction of sp³-hybridized carbons (Fsp3) is 0.0833. The Balaban J connectivity index is 2.21. The molecule has 1 N–H and O–H groups in total. The average Bonchev–Trinajstić information content (AvgIpc) is 2.91. The van der Waals surface area contributed by atoms with Crippen LogP contribution in [0.3, 0.4) is 0 Å². The number of aromatic carboxylic acids is 1.